The Morgan fingerprint density at radius 1 is 1.18 bits per heavy atom. The predicted octanol–water partition coefficient (Wildman–Crippen LogP) is 3.26. The van der Waals surface area contributed by atoms with Crippen LogP contribution in [0.3, 0.4) is 0 Å². The van der Waals surface area contributed by atoms with Crippen molar-refractivity contribution in [2.75, 3.05) is 0 Å². The summed E-state index contributed by atoms with van der Waals surface area (Å²) >= 11 is 0. The van der Waals surface area contributed by atoms with Gasteiger partial charge in [-0.2, -0.15) is 0 Å². The van der Waals surface area contributed by atoms with Crippen molar-refractivity contribution in [3.05, 3.63) is 35.4 Å². The third-order valence-electron chi connectivity index (χ3n) is 4.62. The third-order valence-corrected chi connectivity index (χ3v) is 4.62. The van der Waals surface area contributed by atoms with E-state index in [0.29, 0.717) is 24.8 Å². The van der Waals surface area contributed by atoms with Crippen molar-refractivity contribution in [3.8, 4) is 0 Å². The normalized spacial score (nSPS) is 24.7. The van der Waals surface area contributed by atoms with Crippen molar-refractivity contribution in [2.45, 2.75) is 52.0 Å². The van der Waals surface area contributed by atoms with E-state index in [2.05, 4.69) is 19.2 Å². The lowest BCUT2D eigenvalue weighted by atomic mass is 9.80. The second-order valence-corrected chi connectivity index (χ2v) is 6.57. The van der Waals surface area contributed by atoms with Crippen LogP contribution in [0.2, 0.25) is 0 Å². The van der Waals surface area contributed by atoms with Gasteiger partial charge in [0.25, 0.3) is 0 Å². The molecule has 1 aromatic carbocycles. The molecule has 120 valence electrons. The average molecular weight is 303 g/mol. The number of carbonyl (C=O) groups excluding carboxylic acids is 1. The van der Waals surface area contributed by atoms with Gasteiger partial charge in [0.15, 0.2) is 0 Å². The number of carboxylic acid groups (broad SMARTS) is 1. The lowest BCUT2D eigenvalue weighted by molar-refractivity contribution is -0.122. The van der Waals surface area contributed by atoms with Crippen LogP contribution >= 0.6 is 0 Å². The first-order valence-electron chi connectivity index (χ1n) is 8.07. The molecule has 3 atom stereocenters. The molecule has 2 rings (SSSR count). The van der Waals surface area contributed by atoms with E-state index in [0.717, 1.165) is 17.9 Å². The van der Waals surface area contributed by atoms with Crippen molar-refractivity contribution >= 4 is 11.9 Å². The molecule has 1 amide bonds. The number of aryl methyl sites for hydroxylation is 1. The zero-order chi connectivity index (χ0) is 16.1. The van der Waals surface area contributed by atoms with E-state index in [-0.39, 0.29) is 11.5 Å². The van der Waals surface area contributed by atoms with E-state index < -0.39 is 5.97 Å². The molecule has 0 saturated heterocycles. The molecule has 1 aromatic rings. The maximum Gasteiger partial charge on any atom is 0.335 e. The molecule has 3 unspecified atom stereocenters. The van der Waals surface area contributed by atoms with E-state index in [1.165, 1.54) is 12.8 Å². The van der Waals surface area contributed by atoms with Crippen molar-refractivity contribution in [1.82, 2.24) is 5.32 Å². The molecule has 4 heteroatoms. The molecule has 0 aliphatic heterocycles. The topological polar surface area (TPSA) is 66.4 Å². The first-order valence-corrected chi connectivity index (χ1v) is 8.07. The van der Waals surface area contributed by atoms with Gasteiger partial charge in [0.2, 0.25) is 5.91 Å². The lowest BCUT2D eigenvalue weighted by Crippen LogP contribution is -2.42. The Morgan fingerprint density at radius 2 is 1.86 bits per heavy atom. The summed E-state index contributed by atoms with van der Waals surface area (Å²) in [7, 11) is 0. The molecule has 4 nitrogen and oxygen atoms in total. The Morgan fingerprint density at radius 3 is 2.45 bits per heavy atom. The number of carbonyl (C=O) groups is 2. The fourth-order valence-corrected chi connectivity index (χ4v) is 3.23. The highest BCUT2D eigenvalue weighted by atomic mass is 16.4. The van der Waals surface area contributed by atoms with Crippen molar-refractivity contribution < 1.29 is 14.7 Å². The van der Waals surface area contributed by atoms with Crippen LogP contribution < -0.4 is 5.32 Å². The minimum Gasteiger partial charge on any atom is -0.478 e. The smallest absolute Gasteiger partial charge is 0.335 e. The van der Waals surface area contributed by atoms with Gasteiger partial charge in [-0.05, 0) is 55.2 Å². The van der Waals surface area contributed by atoms with E-state index in [1.54, 1.807) is 24.3 Å². The van der Waals surface area contributed by atoms with Gasteiger partial charge in [0.05, 0.1) is 5.56 Å². The summed E-state index contributed by atoms with van der Waals surface area (Å²) in [5, 5.41) is 12.0. The number of aromatic carboxylic acids is 1. The number of benzene rings is 1. The van der Waals surface area contributed by atoms with Gasteiger partial charge in [0, 0.05) is 12.5 Å². The Balaban J connectivity index is 1.79. The average Bonchev–Trinajstić information content (AvgIpc) is 2.48. The SMILES string of the molecule is CC1CCC(NC(=O)CCc2ccc(C(=O)O)cc2)C(C)C1. The van der Waals surface area contributed by atoms with Crippen molar-refractivity contribution in [3.63, 3.8) is 0 Å². The first kappa shape index (κ1) is 16.5. The Bertz CT molecular complexity index is 524. The molecule has 0 heterocycles. The first-order chi connectivity index (χ1) is 10.5. The maximum atomic E-state index is 12.1. The van der Waals surface area contributed by atoms with Gasteiger partial charge >= 0.3 is 5.97 Å². The lowest BCUT2D eigenvalue weighted by Gasteiger charge is -2.33. The molecule has 1 fully saturated rings. The Labute approximate surface area is 131 Å². The summed E-state index contributed by atoms with van der Waals surface area (Å²) in [6, 6.07) is 7.03. The molecule has 0 spiro atoms. The van der Waals surface area contributed by atoms with E-state index in [9.17, 15) is 9.59 Å². The van der Waals surface area contributed by atoms with Crippen molar-refractivity contribution in [1.29, 1.82) is 0 Å². The van der Waals surface area contributed by atoms with Crippen molar-refractivity contribution in [2.24, 2.45) is 11.8 Å². The zero-order valence-electron chi connectivity index (χ0n) is 13.3. The number of hydrogen-bond donors (Lipinski definition) is 2. The summed E-state index contributed by atoms with van der Waals surface area (Å²) in [4.78, 5) is 22.9. The molecule has 22 heavy (non-hydrogen) atoms. The predicted molar refractivity (Wildman–Crippen MR) is 85.8 cm³/mol. The Kier molecular flexibility index (Phi) is 5.58. The molecule has 1 aliphatic rings. The molecule has 0 bridgehead atoms. The molecule has 2 N–H and O–H groups in total. The van der Waals surface area contributed by atoms with E-state index >= 15 is 0 Å². The highest BCUT2D eigenvalue weighted by molar-refractivity contribution is 5.87. The number of nitrogens with one attached hydrogen (secondary N) is 1. The summed E-state index contributed by atoms with van der Waals surface area (Å²) in [5.74, 6) is 0.469. The third kappa shape index (κ3) is 4.58. The van der Waals surface area contributed by atoms with Gasteiger partial charge < -0.3 is 10.4 Å². The maximum absolute atomic E-state index is 12.1. The minimum atomic E-state index is -0.926. The second-order valence-electron chi connectivity index (χ2n) is 6.57. The molecule has 1 saturated carbocycles. The monoisotopic (exact) mass is 303 g/mol. The van der Waals surface area contributed by atoms with E-state index in [4.69, 9.17) is 5.11 Å². The fourth-order valence-electron chi connectivity index (χ4n) is 3.23. The number of hydrogen-bond acceptors (Lipinski definition) is 2. The van der Waals surface area contributed by atoms with Gasteiger partial charge in [-0.3, -0.25) is 4.79 Å². The van der Waals surface area contributed by atoms with Crippen LogP contribution in [0.5, 0.6) is 0 Å². The summed E-state index contributed by atoms with van der Waals surface area (Å²) in [6.45, 7) is 4.49. The standard InChI is InChI=1S/C18H25NO3/c1-12-3-9-16(13(2)11-12)19-17(20)10-6-14-4-7-15(8-5-14)18(21)22/h4-5,7-8,12-13,16H,3,6,9-11H2,1-2H3,(H,19,20)(H,21,22). The van der Waals surface area contributed by atoms with Crippen LogP contribution in [0.1, 0.15) is 55.5 Å². The molecule has 1 aliphatic carbocycles. The number of carboxylic acids is 1. The van der Waals surface area contributed by atoms with Crippen LogP contribution in [0.4, 0.5) is 0 Å². The fraction of sp³-hybridized carbons (Fsp3) is 0.556. The highest BCUT2D eigenvalue weighted by Crippen LogP contribution is 2.28. The van der Waals surface area contributed by atoms with Crippen LogP contribution in [0.15, 0.2) is 24.3 Å². The van der Waals surface area contributed by atoms with Gasteiger partial charge in [0.1, 0.15) is 0 Å². The van der Waals surface area contributed by atoms with Gasteiger partial charge in [-0.1, -0.05) is 26.0 Å². The van der Waals surface area contributed by atoms with Crippen LogP contribution in [-0.2, 0) is 11.2 Å². The zero-order valence-corrected chi connectivity index (χ0v) is 13.3. The minimum absolute atomic E-state index is 0.0914. The molecule has 0 aromatic heterocycles. The van der Waals surface area contributed by atoms with Crippen LogP contribution in [0, 0.1) is 11.8 Å². The quantitative estimate of drug-likeness (QED) is 0.877. The van der Waals surface area contributed by atoms with Crippen LogP contribution in [0.25, 0.3) is 0 Å². The summed E-state index contributed by atoms with van der Waals surface area (Å²) < 4.78 is 0. The van der Waals surface area contributed by atoms with Gasteiger partial charge in [-0.15, -0.1) is 0 Å². The molecular weight excluding hydrogens is 278 g/mol. The summed E-state index contributed by atoms with van der Waals surface area (Å²) in [5.41, 5.74) is 1.27. The second kappa shape index (κ2) is 7.43. The Hall–Kier alpha value is -1.84. The molecular formula is C18H25NO3. The van der Waals surface area contributed by atoms with Gasteiger partial charge in [-0.25, -0.2) is 4.79 Å². The van der Waals surface area contributed by atoms with E-state index in [1.807, 2.05) is 0 Å². The highest BCUT2D eigenvalue weighted by Gasteiger charge is 2.26. The largest absolute Gasteiger partial charge is 0.478 e. The molecule has 0 radical (unpaired) electrons. The van der Waals surface area contributed by atoms with Crippen LogP contribution in [-0.4, -0.2) is 23.0 Å². The number of amides is 1. The summed E-state index contributed by atoms with van der Waals surface area (Å²) in [6.07, 6.45) is 4.53. The number of rotatable bonds is 5.